The Morgan fingerprint density at radius 3 is 0.850 bits per heavy atom. The summed E-state index contributed by atoms with van der Waals surface area (Å²) in [6.07, 6.45) is 0. The predicted octanol–water partition coefficient (Wildman–Crippen LogP) is 20.2. The van der Waals surface area contributed by atoms with E-state index in [9.17, 15) is 0 Å². The van der Waals surface area contributed by atoms with Crippen LogP contribution in [0.3, 0.4) is 0 Å². The first-order valence-corrected chi connectivity index (χ1v) is 28.0. The van der Waals surface area contributed by atoms with E-state index in [0.29, 0.717) is 0 Å². The summed E-state index contributed by atoms with van der Waals surface area (Å²) in [6.45, 7) is 0. The van der Waals surface area contributed by atoms with Gasteiger partial charge in [0, 0.05) is 33.3 Å². The topological polar surface area (TPSA) is 6.48 Å². The molecular formula is C78H48N2. The fraction of sp³-hybridized carbons (Fsp3) is 0.0256. The number of hydrogen-bond donors (Lipinski definition) is 0. The Hall–Kier alpha value is -10.3. The van der Waals surface area contributed by atoms with Gasteiger partial charge in [0.1, 0.15) is 0 Å². The average molecular weight is 1010 g/mol. The van der Waals surface area contributed by atoms with Crippen molar-refractivity contribution in [3.63, 3.8) is 0 Å². The molecule has 14 aromatic rings. The van der Waals surface area contributed by atoms with Crippen molar-refractivity contribution < 1.29 is 0 Å². The molecule has 0 fully saturated rings. The molecule has 0 heterocycles. The van der Waals surface area contributed by atoms with Crippen molar-refractivity contribution in [3.05, 3.63) is 336 Å². The van der Waals surface area contributed by atoms with Crippen LogP contribution >= 0.6 is 0 Å². The maximum atomic E-state index is 2.55. The van der Waals surface area contributed by atoms with Gasteiger partial charge < -0.3 is 9.80 Å². The van der Waals surface area contributed by atoms with E-state index in [1.807, 2.05) is 0 Å². The minimum atomic E-state index is -0.464. The number of rotatable bonds is 6. The lowest BCUT2D eigenvalue weighted by Crippen LogP contribution is -2.26. The maximum absolute atomic E-state index is 2.55. The van der Waals surface area contributed by atoms with Gasteiger partial charge in [-0.25, -0.2) is 0 Å². The number of hydrogen-bond acceptors (Lipinski definition) is 2. The number of benzene rings is 14. The molecule has 0 N–H and O–H groups in total. The normalized spacial score (nSPS) is 13.9. The summed E-state index contributed by atoms with van der Waals surface area (Å²) in [5.41, 5.74) is 26.9. The van der Waals surface area contributed by atoms with Crippen LogP contribution in [0.2, 0.25) is 0 Å². The molecule has 0 aliphatic heterocycles. The fourth-order valence-corrected chi connectivity index (χ4v) is 15.8. The van der Waals surface area contributed by atoms with E-state index in [1.165, 1.54) is 121 Å². The molecule has 2 heteroatoms. The number of nitrogens with zero attached hydrogens (tertiary/aromatic N) is 2. The number of para-hydroxylation sites is 2. The van der Waals surface area contributed by atoms with Crippen LogP contribution in [0.5, 0.6) is 0 Å². The van der Waals surface area contributed by atoms with Crippen molar-refractivity contribution in [2.75, 3.05) is 9.80 Å². The quantitative estimate of drug-likeness (QED) is 0.153. The molecule has 14 aromatic carbocycles. The van der Waals surface area contributed by atoms with Gasteiger partial charge in [-0.1, -0.05) is 243 Å². The minimum absolute atomic E-state index is 0.464. The lowest BCUT2D eigenvalue weighted by Gasteiger charge is -2.33. The molecule has 0 bridgehead atoms. The maximum Gasteiger partial charge on any atom is 0.0726 e. The van der Waals surface area contributed by atoms with Crippen molar-refractivity contribution in [3.8, 4) is 44.5 Å². The highest BCUT2D eigenvalue weighted by Crippen LogP contribution is 2.67. The van der Waals surface area contributed by atoms with Crippen LogP contribution in [0.25, 0.3) is 76.8 Å². The van der Waals surface area contributed by atoms with E-state index in [0.717, 1.165) is 34.1 Å². The van der Waals surface area contributed by atoms with Gasteiger partial charge in [0.15, 0.2) is 0 Å². The third-order valence-electron chi connectivity index (χ3n) is 18.6. The van der Waals surface area contributed by atoms with Gasteiger partial charge in [0.2, 0.25) is 0 Å². The Morgan fingerprint density at radius 1 is 0.200 bits per heavy atom. The Morgan fingerprint density at radius 2 is 0.487 bits per heavy atom. The van der Waals surface area contributed by atoms with E-state index in [2.05, 4.69) is 301 Å². The molecule has 18 rings (SSSR count). The molecular weight excluding hydrogens is 965 g/mol. The summed E-state index contributed by atoms with van der Waals surface area (Å²) < 4.78 is 0. The van der Waals surface area contributed by atoms with E-state index >= 15 is 0 Å². The van der Waals surface area contributed by atoms with Crippen LogP contribution in [-0.2, 0) is 10.8 Å². The lowest BCUT2D eigenvalue weighted by molar-refractivity contribution is 0.794. The van der Waals surface area contributed by atoms with Crippen LogP contribution in [0.15, 0.2) is 291 Å². The molecule has 0 unspecified atom stereocenters. The Bertz CT molecular complexity index is 4510. The van der Waals surface area contributed by atoms with E-state index in [-0.39, 0.29) is 0 Å². The smallest absolute Gasteiger partial charge is 0.0726 e. The molecule has 0 aromatic heterocycles. The zero-order chi connectivity index (χ0) is 52.3. The molecule has 0 amide bonds. The van der Waals surface area contributed by atoms with Crippen molar-refractivity contribution in [2.24, 2.45) is 0 Å². The summed E-state index contributed by atoms with van der Waals surface area (Å²) in [7, 11) is 0. The third kappa shape index (κ3) is 5.43. The largest absolute Gasteiger partial charge is 0.309 e. The first kappa shape index (κ1) is 43.8. The summed E-state index contributed by atoms with van der Waals surface area (Å²) in [5.74, 6) is 0. The monoisotopic (exact) mass is 1010 g/mol. The second-order valence-corrected chi connectivity index (χ2v) is 22.1. The van der Waals surface area contributed by atoms with Crippen LogP contribution in [0.4, 0.5) is 34.1 Å². The van der Waals surface area contributed by atoms with Gasteiger partial charge in [-0.15, -0.1) is 0 Å². The van der Waals surface area contributed by atoms with Crippen LogP contribution < -0.4 is 9.80 Å². The van der Waals surface area contributed by atoms with Crippen molar-refractivity contribution >= 4 is 66.4 Å². The van der Waals surface area contributed by atoms with Crippen molar-refractivity contribution in [1.29, 1.82) is 0 Å². The summed E-state index contributed by atoms with van der Waals surface area (Å²) in [6, 6.07) is 110. The fourth-order valence-electron chi connectivity index (χ4n) is 15.8. The van der Waals surface area contributed by atoms with Gasteiger partial charge in [-0.05, 0) is 148 Å². The predicted molar refractivity (Wildman–Crippen MR) is 332 cm³/mol. The van der Waals surface area contributed by atoms with Crippen LogP contribution in [0, 0.1) is 0 Å². The molecule has 370 valence electrons. The summed E-state index contributed by atoms with van der Waals surface area (Å²) in [4.78, 5) is 5.09. The van der Waals surface area contributed by atoms with Gasteiger partial charge in [0.05, 0.1) is 33.6 Å². The molecule has 2 nitrogen and oxygen atoms in total. The molecule has 0 saturated heterocycles. The lowest BCUT2D eigenvalue weighted by atomic mass is 9.70. The minimum Gasteiger partial charge on any atom is -0.309 e. The highest BCUT2D eigenvalue weighted by Gasteiger charge is 2.54. The van der Waals surface area contributed by atoms with Gasteiger partial charge >= 0.3 is 0 Å². The third-order valence-corrected chi connectivity index (χ3v) is 18.6. The van der Waals surface area contributed by atoms with Gasteiger partial charge in [-0.3, -0.25) is 0 Å². The molecule has 4 aliphatic carbocycles. The highest BCUT2D eigenvalue weighted by molar-refractivity contribution is 6.28. The Labute approximate surface area is 464 Å². The first-order valence-electron chi connectivity index (χ1n) is 28.0. The first-order chi connectivity index (χ1) is 39.7. The Kier molecular flexibility index (Phi) is 8.83. The Balaban J connectivity index is 0.879. The summed E-state index contributed by atoms with van der Waals surface area (Å²) in [5, 5.41) is 7.37. The SMILES string of the molecule is c1ccc(N(c2cccc3c2-c2ccccc2C32c3ccccc3-c3ccccc32)c2ccc3ccc4c(N(c5ccccc5)c5cccc6c5-c5ccccc5C65c6ccccc6-c6ccccc65)ccc5ccc2c3c54)cc1. The second-order valence-electron chi connectivity index (χ2n) is 22.1. The summed E-state index contributed by atoms with van der Waals surface area (Å²) >= 11 is 0. The van der Waals surface area contributed by atoms with Gasteiger partial charge in [-0.2, -0.15) is 0 Å². The zero-order valence-corrected chi connectivity index (χ0v) is 43.6. The standard InChI is InChI=1S/C78H48N2/c1-3-21-51(22-4-1)79(71-39-19-37-67-75(71)57-29-11-17-35-65(57)77(67)61-31-13-7-25-53(61)54-26-8-14-32-62(54)77)69-47-43-49-42-46-60-70(48-44-50-41-45-59(69)73(49)74(50)60)80(52-23-5-2-6-24-52)72-40-20-38-68-76(72)58-30-12-18-36-66(58)78(68)63-33-15-9-27-55(63)56-28-10-16-34-64(56)78/h1-48H. The molecule has 0 atom stereocenters. The van der Waals surface area contributed by atoms with Crippen LogP contribution in [-0.4, -0.2) is 0 Å². The molecule has 0 radical (unpaired) electrons. The molecule has 2 spiro atoms. The average Bonchev–Trinajstić information content (AvgIpc) is 4.32. The molecule has 0 saturated carbocycles. The van der Waals surface area contributed by atoms with Gasteiger partial charge in [0.25, 0.3) is 0 Å². The van der Waals surface area contributed by atoms with E-state index in [4.69, 9.17) is 0 Å². The molecule has 80 heavy (non-hydrogen) atoms. The van der Waals surface area contributed by atoms with Crippen LogP contribution in [0.1, 0.15) is 44.5 Å². The van der Waals surface area contributed by atoms with E-state index in [1.54, 1.807) is 0 Å². The van der Waals surface area contributed by atoms with Crippen molar-refractivity contribution in [1.82, 2.24) is 0 Å². The van der Waals surface area contributed by atoms with E-state index < -0.39 is 10.8 Å². The highest BCUT2D eigenvalue weighted by atomic mass is 15.2. The number of fused-ring (bicyclic) bond motifs is 20. The zero-order valence-electron chi connectivity index (χ0n) is 43.6. The molecule has 4 aliphatic rings. The van der Waals surface area contributed by atoms with Crippen molar-refractivity contribution in [2.45, 2.75) is 10.8 Å². The number of anilines is 6. The second kappa shape index (κ2) is 16.1.